The molecule has 1 rings (SSSR count). The number of hydrogen-bond donors (Lipinski definition) is 0. The third-order valence-corrected chi connectivity index (χ3v) is 4.87. The van der Waals surface area contributed by atoms with Gasteiger partial charge in [0.2, 0.25) is 5.91 Å². The maximum atomic E-state index is 12.0. The van der Waals surface area contributed by atoms with E-state index >= 15 is 0 Å². The van der Waals surface area contributed by atoms with Gasteiger partial charge in [0.15, 0.2) is 9.84 Å². The molecule has 1 heterocycles. The van der Waals surface area contributed by atoms with Crippen LogP contribution >= 0.6 is 0 Å². The standard InChI is InChI=1S/C12H21NO4S/c1-3-4-6-13(12(15)8-10(2)14)11-5-7-18(16,17)9-11/h11H,3-9H2,1-2H3. The zero-order valence-corrected chi connectivity index (χ0v) is 11.8. The number of hydrogen-bond acceptors (Lipinski definition) is 4. The molecule has 1 saturated heterocycles. The highest BCUT2D eigenvalue weighted by molar-refractivity contribution is 7.91. The van der Waals surface area contributed by atoms with Crippen LogP contribution in [0.2, 0.25) is 0 Å². The minimum Gasteiger partial charge on any atom is -0.338 e. The number of carbonyl (C=O) groups excluding carboxylic acids is 2. The Balaban J connectivity index is 2.72. The molecule has 0 aromatic heterocycles. The molecule has 18 heavy (non-hydrogen) atoms. The summed E-state index contributed by atoms with van der Waals surface area (Å²) in [5, 5.41) is 0. The molecule has 1 unspecified atom stereocenters. The minimum absolute atomic E-state index is 0.0420. The second-order valence-corrected chi connectivity index (χ2v) is 7.11. The number of unbranched alkanes of at least 4 members (excludes halogenated alkanes) is 1. The molecule has 0 spiro atoms. The first-order valence-corrected chi connectivity index (χ1v) is 8.17. The first-order chi connectivity index (χ1) is 8.35. The summed E-state index contributed by atoms with van der Waals surface area (Å²) in [6.07, 6.45) is 2.14. The predicted octanol–water partition coefficient (Wildman–Crippen LogP) is 0.781. The van der Waals surface area contributed by atoms with E-state index < -0.39 is 9.84 Å². The average Bonchev–Trinajstić information content (AvgIpc) is 2.58. The van der Waals surface area contributed by atoms with Crippen molar-refractivity contribution in [3.8, 4) is 0 Å². The van der Waals surface area contributed by atoms with Crippen LogP contribution < -0.4 is 0 Å². The van der Waals surface area contributed by atoms with Crippen LogP contribution in [-0.2, 0) is 19.4 Å². The van der Waals surface area contributed by atoms with Crippen molar-refractivity contribution in [1.29, 1.82) is 0 Å². The molecule has 1 amide bonds. The van der Waals surface area contributed by atoms with Gasteiger partial charge in [0, 0.05) is 12.6 Å². The first-order valence-electron chi connectivity index (χ1n) is 6.35. The minimum atomic E-state index is -3.01. The van der Waals surface area contributed by atoms with E-state index in [1.807, 2.05) is 6.92 Å². The van der Waals surface area contributed by atoms with Crippen LogP contribution in [0.15, 0.2) is 0 Å². The van der Waals surface area contributed by atoms with Crippen LogP contribution in [0.4, 0.5) is 0 Å². The average molecular weight is 275 g/mol. The van der Waals surface area contributed by atoms with Gasteiger partial charge >= 0.3 is 0 Å². The zero-order valence-electron chi connectivity index (χ0n) is 11.0. The van der Waals surface area contributed by atoms with Gasteiger partial charge in [0.05, 0.1) is 17.9 Å². The number of ketones is 1. The molecule has 0 aromatic rings. The molecule has 104 valence electrons. The van der Waals surface area contributed by atoms with Crippen molar-refractivity contribution < 1.29 is 18.0 Å². The number of nitrogens with zero attached hydrogens (tertiary/aromatic N) is 1. The lowest BCUT2D eigenvalue weighted by Gasteiger charge is -2.28. The van der Waals surface area contributed by atoms with Crippen LogP contribution in [0.3, 0.4) is 0 Å². The van der Waals surface area contributed by atoms with Gasteiger partial charge in [-0.3, -0.25) is 9.59 Å². The molecule has 0 aliphatic carbocycles. The highest BCUT2D eigenvalue weighted by atomic mass is 32.2. The number of amides is 1. The Bertz CT molecular complexity index is 416. The molecule has 0 aromatic carbocycles. The van der Waals surface area contributed by atoms with Crippen LogP contribution in [-0.4, -0.2) is 49.1 Å². The highest BCUT2D eigenvalue weighted by Gasteiger charge is 2.34. The van der Waals surface area contributed by atoms with Crippen molar-refractivity contribution in [2.75, 3.05) is 18.1 Å². The third-order valence-electron chi connectivity index (χ3n) is 3.12. The molecule has 0 N–H and O–H groups in total. The van der Waals surface area contributed by atoms with E-state index in [-0.39, 0.29) is 35.7 Å². The quantitative estimate of drug-likeness (QED) is 0.672. The summed E-state index contributed by atoms with van der Waals surface area (Å²) < 4.78 is 22.9. The van der Waals surface area contributed by atoms with E-state index in [1.54, 1.807) is 4.90 Å². The Kier molecular flexibility index (Phi) is 5.31. The number of carbonyl (C=O) groups is 2. The SMILES string of the molecule is CCCCN(C(=O)CC(C)=O)C1CCS(=O)(=O)C1. The number of sulfone groups is 1. The van der Waals surface area contributed by atoms with Gasteiger partial charge in [-0.25, -0.2) is 8.42 Å². The largest absolute Gasteiger partial charge is 0.338 e. The molecule has 5 nitrogen and oxygen atoms in total. The molecule has 0 radical (unpaired) electrons. The van der Waals surface area contributed by atoms with E-state index in [4.69, 9.17) is 0 Å². The van der Waals surface area contributed by atoms with E-state index in [0.717, 1.165) is 12.8 Å². The molecule has 6 heteroatoms. The van der Waals surface area contributed by atoms with E-state index in [9.17, 15) is 18.0 Å². The summed E-state index contributed by atoms with van der Waals surface area (Å²) in [7, 11) is -3.01. The second kappa shape index (κ2) is 6.31. The normalized spacial score (nSPS) is 21.8. The van der Waals surface area contributed by atoms with E-state index in [1.165, 1.54) is 6.92 Å². The van der Waals surface area contributed by atoms with Gasteiger partial charge in [-0.15, -0.1) is 0 Å². The first kappa shape index (κ1) is 15.1. The molecule has 1 aliphatic heterocycles. The third kappa shape index (κ3) is 4.40. The van der Waals surface area contributed by atoms with Crippen molar-refractivity contribution in [3.05, 3.63) is 0 Å². The lowest BCUT2D eigenvalue weighted by Crippen LogP contribution is -2.42. The zero-order chi connectivity index (χ0) is 13.8. The highest BCUT2D eigenvalue weighted by Crippen LogP contribution is 2.19. The lowest BCUT2D eigenvalue weighted by atomic mass is 10.1. The summed E-state index contributed by atoms with van der Waals surface area (Å²) in [6.45, 7) is 3.93. The summed E-state index contributed by atoms with van der Waals surface area (Å²) >= 11 is 0. The molecule has 1 atom stereocenters. The fraction of sp³-hybridized carbons (Fsp3) is 0.833. The summed E-state index contributed by atoms with van der Waals surface area (Å²) in [6, 6.07) is -0.242. The van der Waals surface area contributed by atoms with Gasteiger partial charge in [0.25, 0.3) is 0 Å². The number of rotatable bonds is 6. The monoisotopic (exact) mass is 275 g/mol. The van der Waals surface area contributed by atoms with Gasteiger partial charge in [-0.05, 0) is 19.8 Å². The van der Waals surface area contributed by atoms with Crippen molar-refractivity contribution in [2.24, 2.45) is 0 Å². The van der Waals surface area contributed by atoms with E-state index in [0.29, 0.717) is 13.0 Å². The van der Waals surface area contributed by atoms with Crippen LogP contribution in [0.1, 0.15) is 39.5 Å². The number of Topliss-reactive ketones (excluding diaryl/α,β-unsaturated/α-hetero) is 1. The van der Waals surface area contributed by atoms with Gasteiger partial charge < -0.3 is 4.90 Å². The Labute approximate surface area is 108 Å². The predicted molar refractivity (Wildman–Crippen MR) is 69.0 cm³/mol. The second-order valence-electron chi connectivity index (χ2n) is 4.88. The molecule has 1 aliphatic rings. The van der Waals surface area contributed by atoms with Crippen LogP contribution in [0, 0.1) is 0 Å². The van der Waals surface area contributed by atoms with Crippen LogP contribution in [0.5, 0.6) is 0 Å². The molecular formula is C12H21NO4S. The molecular weight excluding hydrogens is 254 g/mol. The molecule has 0 saturated carbocycles. The van der Waals surface area contributed by atoms with Gasteiger partial charge in [-0.1, -0.05) is 13.3 Å². The maximum absolute atomic E-state index is 12.0. The topological polar surface area (TPSA) is 71.5 Å². The van der Waals surface area contributed by atoms with Crippen molar-refractivity contribution in [1.82, 2.24) is 4.90 Å². The summed E-state index contributed by atoms with van der Waals surface area (Å²) in [5.41, 5.74) is 0. The Morgan fingerprint density at radius 1 is 1.33 bits per heavy atom. The van der Waals surface area contributed by atoms with Crippen molar-refractivity contribution in [2.45, 2.75) is 45.6 Å². The van der Waals surface area contributed by atoms with E-state index in [2.05, 4.69) is 0 Å². The summed E-state index contributed by atoms with van der Waals surface area (Å²) in [5.74, 6) is -0.228. The molecule has 1 fully saturated rings. The fourth-order valence-corrected chi connectivity index (χ4v) is 3.91. The van der Waals surface area contributed by atoms with Gasteiger partial charge in [-0.2, -0.15) is 0 Å². The van der Waals surface area contributed by atoms with Gasteiger partial charge in [0.1, 0.15) is 5.78 Å². The maximum Gasteiger partial charge on any atom is 0.230 e. The molecule has 0 bridgehead atoms. The fourth-order valence-electron chi connectivity index (χ4n) is 2.18. The Hall–Kier alpha value is -0.910. The smallest absolute Gasteiger partial charge is 0.230 e. The Morgan fingerprint density at radius 2 is 2.00 bits per heavy atom. The lowest BCUT2D eigenvalue weighted by molar-refractivity contribution is -0.136. The summed E-state index contributed by atoms with van der Waals surface area (Å²) in [4.78, 5) is 24.6. The van der Waals surface area contributed by atoms with Crippen molar-refractivity contribution in [3.63, 3.8) is 0 Å². The Morgan fingerprint density at radius 3 is 2.44 bits per heavy atom. The van der Waals surface area contributed by atoms with Crippen LogP contribution in [0.25, 0.3) is 0 Å². The van der Waals surface area contributed by atoms with Crippen molar-refractivity contribution >= 4 is 21.5 Å².